The summed E-state index contributed by atoms with van der Waals surface area (Å²) >= 11 is 5.87. The van der Waals surface area contributed by atoms with E-state index in [-0.39, 0.29) is 17.3 Å². The van der Waals surface area contributed by atoms with Crippen molar-refractivity contribution in [2.24, 2.45) is 10.7 Å². The van der Waals surface area contributed by atoms with Gasteiger partial charge in [0.2, 0.25) is 11.8 Å². The number of halogens is 5. The number of rotatable bonds is 3. The number of hydrogen-bond donors (Lipinski definition) is 1. The van der Waals surface area contributed by atoms with Gasteiger partial charge in [-0.1, -0.05) is 11.6 Å². The standard InChI is InChI=1S/C20H15ClF4N4O2/c1-19(9-15(20(23,24)25)30-18(26)27-19)13-8-11(4-7-14(13)22)17-29-28-16(31-17)10-2-5-12(21)6-3-10/h2-8,15H,9H2,1H3,(H2,26,27)/t15-,19-/m0/s1. The molecule has 1 aliphatic rings. The second-order valence-corrected chi connectivity index (χ2v) is 7.63. The number of hydrogen-bond acceptors (Lipinski definition) is 6. The van der Waals surface area contributed by atoms with Gasteiger partial charge in [0, 0.05) is 28.1 Å². The van der Waals surface area contributed by atoms with Gasteiger partial charge in [0.15, 0.2) is 6.10 Å². The number of aliphatic imine (C=N–C) groups is 1. The molecule has 2 heterocycles. The van der Waals surface area contributed by atoms with Gasteiger partial charge < -0.3 is 14.9 Å². The summed E-state index contributed by atoms with van der Waals surface area (Å²) in [5, 5.41) is 8.45. The van der Waals surface area contributed by atoms with Crippen molar-refractivity contribution >= 4 is 17.6 Å². The Morgan fingerprint density at radius 2 is 1.68 bits per heavy atom. The molecule has 0 amide bonds. The molecule has 2 atom stereocenters. The van der Waals surface area contributed by atoms with E-state index in [0.717, 1.165) is 6.07 Å². The molecule has 2 aromatic carbocycles. The van der Waals surface area contributed by atoms with Crippen LogP contribution in [0.5, 0.6) is 0 Å². The van der Waals surface area contributed by atoms with Crippen LogP contribution in [-0.2, 0) is 10.3 Å². The van der Waals surface area contributed by atoms with E-state index in [1.54, 1.807) is 24.3 Å². The second kappa shape index (κ2) is 7.52. The van der Waals surface area contributed by atoms with Crippen LogP contribution in [0.15, 0.2) is 51.9 Å². The lowest BCUT2D eigenvalue weighted by atomic mass is 9.84. The highest BCUT2D eigenvalue weighted by Gasteiger charge is 2.50. The van der Waals surface area contributed by atoms with E-state index < -0.39 is 36.1 Å². The van der Waals surface area contributed by atoms with Crippen molar-refractivity contribution in [3.63, 3.8) is 0 Å². The lowest BCUT2D eigenvalue weighted by Crippen LogP contribution is -2.46. The molecule has 0 saturated carbocycles. The topological polar surface area (TPSA) is 86.5 Å². The molecule has 0 spiro atoms. The van der Waals surface area contributed by atoms with Crippen molar-refractivity contribution in [1.82, 2.24) is 10.2 Å². The molecule has 4 rings (SSSR count). The average molecular weight is 455 g/mol. The molecule has 1 aliphatic heterocycles. The molecule has 3 aromatic rings. The van der Waals surface area contributed by atoms with E-state index in [1.165, 1.54) is 19.1 Å². The van der Waals surface area contributed by atoms with Crippen LogP contribution in [0.25, 0.3) is 22.9 Å². The first-order valence-corrected chi connectivity index (χ1v) is 9.41. The van der Waals surface area contributed by atoms with Crippen LogP contribution in [0.3, 0.4) is 0 Å². The predicted octanol–water partition coefficient (Wildman–Crippen LogP) is 5.08. The predicted molar refractivity (Wildman–Crippen MR) is 105 cm³/mol. The molecule has 1 aromatic heterocycles. The Hall–Kier alpha value is -3.14. The number of ether oxygens (including phenoxy) is 1. The molecule has 11 heteroatoms. The summed E-state index contributed by atoms with van der Waals surface area (Å²) in [6.07, 6.45) is -7.54. The molecular formula is C20H15ClF4N4O2. The monoisotopic (exact) mass is 454 g/mol. The molecule has 0 saturated heterocycles. The van der Waals surface area contributed by atoms with E-state index in [2.05, 4.69) is 19.9 Å². The summed E-state index contributed by atoms with van der Waals surface area (Å²) in [5.41, 5.74) is 4.69. The van der Waals surface area contributed by atoms with E-state index in [9.17, 15) is 17.6 Å². The molecule has 6 nitrogen and oxygen atoms in total. The Morgan fingerprint density at radius 3 is 2.32 bits per heavy atom. The maximum absolute atomic E-state index is 14.7. The lowest BCUT2D eigenvalue weighted by molar-refractivity contribution is -0.208. The van der Waals surface area contributed by atoms with E-state index >= 15 is 0 Å². The zero-order valence-corrected chi connectivity index (χ0v) is 16.7. The fraction of sp³-hybridized carbons (Fsp3) is 0.250. The van der Waals surface area contributed by atoms with Gasteiger partial charge in [0.1, 0.15) is 5.82 Å². The first kappa shape index (κ1) is 21.1. The third-order valence-corrected chi connectivity index (χ3v) is 5.13. The number of alkyl halides is 3. The molecule has 31 heavy (non-hydrogen) atoms. The van der Waals surface area contributed by atoms with Crippen LogP contribution in [0, 0.1) is 5.82 Å². The fourth-order valence-corrected chi connectivity index (χ4v) is 3.46. The molecule has 2 N–H and O–H groups in total. The van der Waals surface area contributed by atoms with E-state index in [1.807, 2.05) is 0 Å². The van der Waals surface area contributed by atoms with Crippen LogP contribution in [0.2, 0.25) is 5.02 Å². The van der Waals surface area contributed by atoms with Gasteiger partial charge in [-0.15, -0.1) is 10.2 Å². The number of aromatic nitrogens is 2. The number of nitrogens with two attached hydrogens (primary N) is 1. The Balaban J connectivity index is 1.71. The molecule has 0 fully saturated rings. The maximum atomic E-state index is 14.7. The van der Waals surface area contributed by atoms with Gasteiger partial charge in [0.25, 0.3) is 6.02 Å². The van der Waals surface area contributed by atoms with Crippen molar-refractivity contribution in [2.75, 3.05) is 0 Å². The Bertz CT molecular complexity index is 1150. The molecule has 0 bridgehead atoms. The third kappa shape index (κ3) is 4.20. The van der Waals surface area contributed by atoms with E-state index in [4.69, 9.17) is 21.8 Å². The number of nitrogens with zero attached hydrogens (tertiary/aromatic N) is 3. The largest absolute Gasteiger partial charge is 0.452 e. The molecule has 0 aliphatic carbocycles. The Morgan fingerprint density at radius 1 is 1.06 bits per heavy atom. The zero-order valence-electron chi connectivity index (χ0n) is 16.0. The van der Waals surface area contributed by atoms with Crippen molar-refractivity contribution in [3.05, 3.63) is 58.9 Å². The van der Waals surface area contributed by atoms with Gasteiger partial charge in [-0.2, -0.15) is 13.2 Å². The van der Waals surface area contributed by atoms with Crippen molar-refractivity contribution in [1.29, 1.82) is 0 Å². The highest BCUT2D eigenvalue weighted by molar-refractivity contribution is 6.30. The third-order valence-electron chi connectivity index (χ3n) is 4.88. The minimum atomic E-state index is -4.68. The maximum Gasteiger partial charge on any atom is 0.425 e. The van der Waals surface area contributed by atoms with Crippen LogP contribution < -0.4 is 5.73 Å². The molecule has 0 radical (unpaired) electrons. The quantitative estimate of drug-likeness (QED) is 0.558. The lowest BCUT2D eigenvalue weighted by Gasteiger charge is -2.35. The van der Waals surface area contributed by atoms with Crippen LogP contribution in [0.4, 0.5) is 17.6 Å². The molecule has 0 unspecified atom stereocenters. The van der Waals surface area contributed by atoms with Crippen molar-refractivity contribution < 1.29 is 26.7 Å². The summed E-state index contributed by atoms with van der Waals surface area (Å²) in [6.45, 7) is 1.36. The van der Waals surface area contributed by atoms with Crippen LogP contribution in [0.1, 0.15) is 18.9 Å². The van der Waals surface area contributed by atoms with Crippen LogP contribution >= 0.6 is 11.6 Å². The highest BCUT2D eigenvalue weighted by Crippen LogP contribution is 2.41. The van der Waals surface area contributed by atoms with Crippen LogP contribution in [-0.4, -0.2) is 28.5 Å². The molecular weight excluding hydrogens is 440 g/mol. The normalized spacial score (nSPS) is 21.5. The van der Waals surface area contributed by atoms with Gasteiger partial charge >= 0.3 is 6.18 Å². The summed E-state index contributed by atoms with van der Waals surface area (Å²) in [6, 6.07) is 9.83. The van der Waals surface area contributed by atoms with Gasteiger partial charge in [-0.3, -0.25) is 0 Å². The summed E-state index contributed by atoms with van der Waals surface area (Å²) in [7, 11) is 0. The first-order chi connectivity index (χ1) is 14.5. The zero-order chi connectivity index (χ0) is 22.4. The smallest absolute Gasteiger partial charge is 0.425 e. The first-order valence-electron chi connectivity index (χ1n) is 9.04. The van der Waals surface area contributed by atoms with Gasteiger partial charge in [0.05, 0.1) is 5.54 Å². The van der Waals surface area contributed by atoms with Gasteiger partial charge in [-0.25, -0.2) is 9.38 Å². The minimum Gasteiger partial charge on any atom is -0.452 e. The van der Waals surface area contributed by atoms with Crippen molar-refractivity contribution in [2.45, 2.75) is 31.2 Å². The van der Waals surface area contributed by atoms with E-state index in [0.29, 0.717) is 16.1 Å². The van der Waals surface area contributed by atoms with Gasteiger partial charge in [-0.05, 0) is 49.4 Å². The minimum absolute atomic E-state index is 0.0613. The fourth-order valence-electron chi connectivity index (χ4n) is 3.34. The second-order valence-electron chi connectivity index (χ2n) is 7.19. The Labute approximate surface area is 178 Å². The summed E-state index contributed by atoms with van der Waals surface area (Å²) in [5.74, 6) is -0.483. The number of amidine groups is 1. The summed E-state index contributed by atoms with van der Waals surface area (Å²) < 4.78 is 64.6. The SMILES string of the molecule is C[C@@]1(c2cc(-c3nnc(-c4ccc(Cl)cc4)o3)ccc2F)C[C@@H](C(F)(F)F)OC(N)=N1. The number of benzene rings is 2. The highest BCUT2D eigenvalue weighted by atomic mass is 35.5. The summed E-state index contributed by atoms with van der Waals surface area (Å²) in [4.78, 5) is 3.96. The Kier molecular flexibility index (Phi) is 5.12. The average Bonchev–Trinajstić information content (AvgIpc) is 3.17. The van der Waals surface area contributed by atoms with Crippen molar-refractivity contribution in [3.8, 4) is 22.9 Å². The molecule has 162 valence electrons.